The van der Waals surface area contributed by atoms with Gasteiger partial charge < -0.3 is 5.32 Å². The van der Waals surface area contributed by atoms with Crippen molar-refractivity contribution in [1.82, 2.24) is 5.32 Å². The standard InChI is InChI=1S/C15H23N/c1-4-11-16-12-5-6-14-7-9-15(10-8-14)13(2)3/h5-10,13,16H,4,11-12H2,1-3H3. The summed E-state index contributed by atoms with van der Waals surface area (Å²) in [5.74, 6) is 0.615. The lowest BCUT2D eigenvalue weighted by Crippen LogP contribution is -2.13. The molecule has 1 aromatic carbocycles. The van der Waals surface area contributed by atoms with Crippen LogP contribution in [-0.4, -0.2) is 13.1 Å². The maximum atomic E-state index is 3.35. The van der Waals surface area contributed by atoms with Crippen LogP contribution in [0.5, 0.6) is 0 Å². The summed E-state index contributed by atoms with van der Waals surface area (Å²) < 4.78 is 0. The number of nitrogens with one attached hydrogen (secondary N) is 1. The highest BCUT2D eigenvalue weighted by molar-refractivity contribution is 5.50. The Bertz CT molecular complexity index is 309. The van der Waals surface area contributed by atoms with Crippen LogP contribution in [-0.2, 0) is 0 Å². The number of rotatable bonds is 6. The smallest absolute Gasteiger partial charge is 0.0138 e. The van der Waals surface area contributed by atoms with Crippen LogP contribution in [0.25, 0.3) is 6.08 Å². The molecule has 1 aromatic rings. The van der Waals surface area contributed by atoms with Gasteiger partial charge in [-0.05, 0) is 30.0 Å². The van der Waals surface area contributed by atoms with Crippen molar-refractivity contribution in [3.8, 4) is 0 Å². The summed E-state index contributed by atoms with van der Waals surface area (Å²) in [6, 6.07) is 8.80. The molecule has 0 bridgehead atoms. The minimum atomic E-state index is 0.615. The molecule has 0 atom stereocenters. The van der Waals surface area contributed by atoms with Crippen LogP contribution >= 0.6 is 0 Å². The molecule has 1 N–H and O–H groups in total. The van der Waals surface area contributed by atoms with Gasteiger partial charge in [-0.2, -0.15) is 0 Å². The zero-order valence-electron chi connectivity index (χ0n) is 10.7. The van der Waals surface area contributed by atoms with Gasteiger partial charge in [-0.15, -0.1) is 0 Å². The Kier molecular flexibility index (Phi) is 5.87. The first-order chi connectivity index (χ1) is 7.74. The molecule has 16 heavy (non-hydrogen) atoms. The van der Waals surface area contributed by atoms with Crippen molar-refractivity contribution in [3.63, 3.8) is 0 Å². The summed E-state index contributed by atoms with van der Waals surface area (Å²) in [5.41, 5.74) is 2.68. The molecule has 0 unspecified atom stereocenters. The molecule has 0 aromatic heterocycles. The van der Waals surface area contributed by atoms with Crippen LogP contribution in [0.1, 0.15) is 44.2 Å². The van der Waals surface area contributed by atoms with Crippen molar-refractivity contribution in [2.45, 2.75) is 33.1 Å². The van der Waals surface area contributed by atoms with Gasteiger partial charge in [-0.1, -0.05) is 57.2 Å². The van der Waals surface area contributed by atoms with E-state index in [1.54, 1.807) is 0 Å². The third kappa shape index (κ3) is 4.63. The topological polar surface area (TPSA) is 12.0 Å². The summed E-state index contributed by atoms with van der Waals surface area (Å²) in [7, 11) is 0. The molecule has 0 radical (unpaired) electrons. The fourth-order valence-electron chi connectivity index (χ4n) is 1.55. The van der Waals surface area contributed by atoms with Gasteiger partial charge in [0.15, 0.2) is 0 Å². The molecule has 1 rings (SSSR count). The van der Waals surface area contributed by atoms with E-state index in [-0.39, 0.29) is 0 Å². The molecular weight excluding hydrogens is 194 g/mol. The first kappa shape index (κ1) is 13.0. The molecule has 1 heteroatoms. The highest BCUT2D eigenvalue weighted by Gasteiger charge is 1.96. The van der Waals surface area contributed by atoms with Crippen LogP contribution < -0.4 is 5.32 Å². The Labute approximate surface area is 99.6 Å². The van der Waals surface area contributed by atoms with Crippen molar-refractivity contribution in [2.75, 3.05) is 13.1 Å². The SMILES string of the molecule is CCCNCC=Cc1ccc(C(C)C)cc1. The fourth-order valence-corrected chi connectivity index (χ4v) is 1.55. The summed E-state index contributed by atoms with van der Waals surface area (Å²) in [5, 5.41) is 3.35. The van der Waals surface area contributed by atoms with E-state index in [1.165, 1.54) is 17.5 Å². The minimum absolute atomic E-state index is 0.615. The van der Waals surface area contributed by atoms with Crippen LogP contribution in [0.2, 0.25) is 0 Å². The molecule has 0 aliphatic heterocycles. The van der Waals surface area contributed by atoms with Crippen LogP contribution in [0.3, 0.4) is 0 Å². The Morgan fingerprint density at radius 2 is 1.88 bits per heavy atom. The Hall–Kier alpha value is -1.08. The van der Waals surface area contributed by atoms with E-state index in [2.05, 4.69) is 62.5 Å². The summed E-state index contributed by atoms with van der Waals surface area (Å²) in [6.45, 7) is 8.68. The molecule has 0 spiro atoms. The van der Waals surface area contributed by atoms with Gasteiger partial charge in [0.05, 0.1) is 0 Å². The van der Waals surface area contributed by atoms with Gasteiger partial charge in [-0.3, -0.25) is 0 Å². The van der Waals surface area contributed by atoms with E-state index < -0.39 is 0 Å². The minimum Gasteiger partial charge on any atom is -0.313 e. The molecule has 0 heterocycles. The summed E-state index contributed by atoms with van der Waals surface area (Å²) in [6.07, 6.45) is 5.55. The fraction of sp³-hybridized carbons (Fsp3) is 0.467. The molecule has 88 valence electrons. The molecule has 0 fully saturated rings. The second-order valence-electron chi connectivity index (χ2n) is 4.43. The first-order valence-corrected chi connectivity index (χ1v) is 6.21. The third-order valence-corrected chi connectivity index (χ3v) is 2.60. The maximum absolute atomic E-state index is 3.35. The lowest BCUT2D eigenvalue weighted by Gasteiger charge is -2.04. The van der Waals surface area contributed by atoms with Crippen molar-refractivity contribution < 1.29 is 0 Å². The Morgan fingerprint density at radius 1 is 1.19 bits per heavy atom. The average Bonchev–Trinajstić information content (AvgIpc) is 2.29. The number of benzene rings is 1. The molecule has 0 saturated carbocycles. The molecule has 0 aliphatic carbocycles. The lowest BCUT2D eigenvalue weighted by molar-refractivity contribution is 0.730. The van der Waals surface area contributed by atoms with Gasteiger partial charge in [-0.25, -0.2) is 0 Å². The van der Waals surface area contributed by atoms with Crippen molar-refractivity contribution in [1.29, 1.82) is 0 Å². The van der Waals surface area contributed by atoms with Crippen LogP contribution in [0, 0.1) is 0 Å². The first-order valence-electron chi connectivity index (χ1n) is 6.21. The van der Waals surface area contributed by atoms with Gasteiger partial charge in [0, 0.05) is 6.54 Å². The lowest BCUT2D eigenvalue weighted by atomic mass is 10.0. The Morgan fingerprint density at radius 3 is 2.44 bits per heavy atom. The normalized spacial score (nSPS) is 11.5. The average molecular weight is 217 g/mol. The van der Waals surface area contributed by atoms with Crippen molar-refractivity contribution in [2.24, 2.45) is 0 Å². The highest BCUT2D eigenvalue weighted by Crippen LogP contribution is 2.15. The largest absolute Gasteiger partial charge is 0.313 e. The summed E-state index contributed by atoms with van der Waals surface area (Å²) in [4.78, 5) is 0. The third-order valence-electron chi connectivity index (χ3n) is 2.60. The zero-order chi connectivity index (χ0) is 11.8. The number of hydrogen-bond donors (Lipinski definition) is 1. The zero-order valence-corrected chi connectivity index (χ0v) is 10.7. The van der Waals surface area contributed by atoms with Gasteiger partial charge in [0.1, 0.15) is 0 Å². The van der Waals surface area contributed by atoms with Crippen molar-refractivity contribution >= 4 is 6.08 Å². The van der Waals surface area contributed by atoms with Crippen LogP contribution in [0.15, 0.2) is 30.3 Å². The molecule has 0 aliphatic rings. The van der Waals surface area contributed by atoms with E-state index in [4.69, 9.17) is 0 Å². The van der Waals surface area contributed by atoms with E-state index in [1.807, 2.05) is 0 Å². The second-order valence-corrected chi connectivity index (χ2v) is 4.43. The molecular formula is C15H23N. The van der Waals surface area contributed by atoms with Crippen molar-refractivity contribution in [3.05, 3.63) is 41.5 Å². The highest BCUT2D eigenvalue weighted by atomic mass is 14.8. The van der Waals surface area contributed by atoms with E-state index in [9.17, 15) is 0 Å². The van der Waals surface area contributed by atoms with E-state index >= 15 is 0 Å². The molecule has 0 saturated heterocycles. The van der Waals surface area contributed by atoms with Gasteiger partial charge in [0.2, 0.25) is 0 Å². The van der Waals surface area contributed by atoms with E-state index in [0.29, 0.717) is 5.92 Å². The monoisotopic (exact) mass is 217 g/mol. The molecule has 1 nitrogen and oxygen atoms in total. The predicted molar refractivity (Wildman–Crippen MR) is 72.7 cm³/mol. The van der Waals surface area contributed by atoms with E-state index in [0.717, 1.165) is 13.1 Å². The number of hydrogen-bond acceptors (Lipinski definition) is 1. The van der Waals surface area contributed by atoms with Gasteiger partial charge in [0.25, 0.3) is 0 Å². The summed E-state index contributed by atoms with van der Waals surface area (Å²) >= 11 is 0. The van der Waals surface area contributed by atoms with Gasteiger partial charge >= 0.3 is 0 Å². The maximum Gasteiger partial charge on any atom is 0.0138 e. The Balaban J connectivity index is 2.42. The quantitative estimate of drug-likeness (QED) is 0.714. The molecule has 0 amide bonds. The predicted octanol–water partition coefficient (Wildman–Crippen LogP) is 3.82. The second kappa shape index (κ2) is 7.24. The van der Waals surface area contributed by atoms with Crippen LogP contribution in [0.4, 0.5) is 0 Å².